The average molecular weight is 510 g/mol. The molecular weight excluding hydrogens is 466 g/mol. The first kappa shape index (κ1) is 29.9. The van der Waals surface area contributed by atoms with E-state index in [1.54, 1.807) is 32.6 Å². The third-order valence-electron chi connectivity index (χ3n) is 6.24. The number of nitrogens with zero attached hydrogens (tertiary/aromatic N) is 1. The summed E-state index contributed by atoms with van der Waals surface area (Å²) < 4.78 is 5.36. The molecular formula is C30H43N3O4. The zero-order chi connectivity index (χ0) is 27.9. The van der Waals surface area contributed by atoms with Crippen LogP contribution in [0.25, 0.3) is 0 Å². The quantitative estimate of drug-likeness (QED) is 0.425. The Morgan fingerprint density at radius 3 is 1.92 bits per heavy atom. The second-order valence-corrected chi connectivity index (χ2v) is 10.7. The number of benzene rings is 2. The van der Waals surface area contributed by atoms with Crippen LogP contribution in [0.15, 0.2) is 36.4 Å². The standard InChI is InChI=1S/C30H43N3O4/c1-10-11-18-33(28(35)23(6)31-29(36)37-30(7,8)9)26(24-19(2)14-12-15-20(24)3)27(34)32-25-21(4)16-13-17-22(25)5/h12-17,23,26H,10-11,18H2,1-9H3,(H,31,36)(H,32,34). The van der Waals surface area contributed by atoms with Crippen LogP contribution in [-0.2, 0) is 14.3 Å². The van der Waals surface area contributed by atoms with Crippen molar-refractivity contribution in [1.82, 2.24) is 10.2 Å². The van der Waals surface area contributed by atoms with Crippen LogP contribution in [0.3, 0.4) is 0 Å². The largest absolute Gasteiger partial charge is 0.444 e. The van der Waals surface area contributed by atoms with Gasteiger partial charge in [0.2, 0.25) is 5.91 Å². The van der Waals surface area contributed by atoms with Gasteiger partial charge in [0.15, 0.2) is 0 Å². The van der Waals surface area contributed by atoms with Crippen LogP contribution in [0, 0.1) is 27.7 Å². The van der Waals surface area contributed by atoms with Gasteiger partial charge in [-0.25, -0.2) is 4.79 Å². The van der Waals surface area contributed by atoms with Crippen molar-refractivity contribution in [2.75, 3.05) is 11.9 Å². The SMILES string of the molecule is CCCCN(C(=O)C(C)NC(=O)OC(C)(C)C)C(C(=O)Nc1c(C)cccc1C)c1c(C)cccc1C. The zero-order valence-electron chi connectivity index (χ0n) is 23.8. The van der Waals surface area contributed by atoms with Crippen LogP contribution in [0.4, 0.5) is 10.5 Å². The predicted octanol–water partition coefficient (Wildman–Crippen LogP) is 6.14. The van der Waals surface area contributed by atoms with Crippen molar-refractivity contribution in [2.45, 2.75) is 92.8 Å². The summed E-state index contributed by atoms with van der Waals surface area (Å²) in [4.78, 5) is 41.9. The van der Waals surface area contributed by atoms with E-state index < -0.39 is 23.8 Å². The maximum Gasteiger partial charge on any atom is 0.408 e. The van der Waals surface area contributed by atoms with Crippen molar-refractivity contribution in [3.8, 4) is 0 Å². The van der Waals surface area contributed by atoms with E-state index in [4.69, 9.17) is 4.74 Å². The number of alkyl carbamates (subject to hydrolysis) is 1. The van der Waals surface area contributed by atoms with Gasteiger partial charge >= 0.3 is 6.09 Å². The number of nitrogens with one attached hydrogen (secondary N) is 2. The van der Waals surface area contributed by atoms with E-state index in [1.807, 2.05) is 71.0 Å². The van der Waals surface area contributed by atoms with Crippen molar-refractivity contribution in [3.63, 3.8) is 0 Å². The molecule has 2 atom stereocenters. The third kappa shape index (κ3) is 8.07. The highest BCUT2D eigenvalue weighted by molar-refractivity contribution is 6.00. The van der Waals surface area contributed by atoms with Gasteiger partial charge in [-0.15, -0.1) is 0 Å². The number of hydrogen-bond donors (Lipinski definition) is 2. The lowest BCUT2D eigenvalue weighted by atomic mass is 9.93. The highest BCUT2D eigenvalue weighted by Crippen LogP contribution is 2.31. The van der Waals surface area contributed by atoms with Crippen LogP contribution < -0.4 is 10.6 Å². The lowest BCUT2D eigenvalue weighted by Crippen LogP contribution is -2.51. The predicted molar refractivity (Wildman–Crippen MR) is 149 cm³/mol. The van der Waals surface area contributed by atoms with Gasteiger partial charge in [-0.05, 0) is 89.6 Å². The number of amides is 3. The number of aryl methyl sites for hydroxylation is 4. The van der Waals surface area contributed by atoms with Crippen molar-refractivity contribution >= 4 is 23.6 Å². The molecule has 0 bridgehead atoms. The van der Waals surface area contributed by atoms with Gasteiger partial charge in [-0.3, -0.25) is 9.59 Å². The minimum Gasteiger partial charge on any atom is -0.444 e. The topological polar surface area (TPSA) is 87.7 Å². The van der Waals surface area contributed by atoms with E-state index in [-0.39, 0.29) is 11.8 Å². The second-order valence-electron chi connectivity index (χ2n) is 10.7. The number of anilines is 1. The highest BCUT2D eigenvalue weighted by Gasteiger charge is 2.36. The first-order chi connectivity index (χ1) is 17.3. The molecule has 2 aromatic rings. The molecule has 0 radical (unpaired) electrons. The molecule has 202 valence electrons. The first-order valence-electron chi connectivity index (χ1n) is 13.0. The number of carbonyl (C=O) groups is 3. The molecule has 3 amide bonds. The van der Waals surface area contributed by atoms with Crippen molar-refractivity contribution in [3.05, 3.63) is 64.2 Å². The minimum absolute atomic E-state index is 0.288. The van der Waals surface area contributed by atoms with E-state index in [9.17, 15) is 14.4 Å². The van der Waals surface area contributed by atoms with Gasteiger partial charge < -0.3 is 20.3 Å². The fourth-order valence-electron chi connectivity index (χ4n) is 4.38. The third-order valence-corrected chi connectivity index (χ3v) is 6.24. The Hall–Kier alpha value is -3.35. The Morgan fingerprint density at radius 1 is 0.919 bits per heavy atom. The highest BCUT2D eigenvalue weighted by atomic mass is 16.6. The first-order valence-corrected chi connectivity index (χ1v) is 13.0. The molecule has 2 N–H and O–H groups in total. The summed E-state index contributed by atoms with van der Waals surface area (Å²) in [6.07, 6.45) is 0.881. The fraction of sp³-hybridized carbons (Fsp3) is 0.500. The molecule has 7 heteroatoms. The monoisotopic (exact) mass is 509 g/mol. The molecule has 0 saturated carbocycles. The minimum atomic E-state index is -0.883. The lowest BCUT2D eigenvalue weighted by molar-refractivity contribution is -0.140. The van der Waals surface area contributed by atoms with E-state index in [2.05, 4.69) is 10.6 Å². The molecule has 7 nitrogen and oxygen atoms in total. The summed E-state index contributed by atoms with van der Waals surface area (Å²) in [6.45, 7) is 17.1. The molecule has 0 saturated heterocycles. The number of ether oxygens (including phenoxy) is 1. The van der Waals surface area contributed by atoms with Crippen LogP contribution >= 0.6 is 0 Å². The summed E-state index contributed by atoms with van der Waals surface area (Å²) in [7, 11) is 0. The van der Waals surface area contributed by atoms with Crippen molar-refractivity contribution < 1.29 is 19.1 Å². The van der Waals surface area contributed by atoms with Crippen LogP contribution in [0.5, 0.6) is 0 Å². The maximum atomic E-state index is 14.0. The lowest BCUT2D eigenvalue weighted by Gasteiger charge is -2.35. The van der Waals surface area contributed by atoms with Gasteiger partial charge in [0.25, 0.3) is 5.91 Å². The number of hydrogen-bond acceptors (Lipinski definition) is 4. The van der Waals surface area contributed by atoms with Gasteiger partial charge in [0, 0.05) is 12.2 Å². The van der Waals surface area contributed by atoms with E-state index in [0.29, 0.717) is 13.0 Å². The average Bonchev–Trinajstić information content (AvgIpc) is 2.78. The normalized spacial score (nSPS) is 12.9. The molecule has 0 fully saturated rings. The van der Waals surface area contributed by atoms with E-state index in [1.165, 1.54) is 0 Å². The number of unbranched alkanes of at least 4 members (excludes halogenated alkanes) is 1. The van der Waals surface area contributed by atoms with Gasteiger partial charge in [0.1, 0.15) is 17.7 Å². The van der Waals surface area contributed by atoms with Crippen LogP contribution in [-0.4, -0.2) is 41.0 Å². The number of carbonyl (C=O) groups excluding carboxylic acids is 3. The van der Waals surface area contributed by atoms with E-state index in [0.717, 1.165) is 39.9 Å². The maximum absolute atomic E-state index is 14.0. The Balaban J connectivity index is 2.54. The summed E-state index contributed by atoms with van der Waals surface area (Å²) in [5.41, 5.74) is 4.57. The molecule has 2 unspecified atom stereocenters. The number of rotatable bonds is 9. The van der Waals surface area contributed by atoms with Gasteiger partial charge in [-0.1, -0.05) is 49.7 Å². The molecule has 37 heavy (non-hydrogen) atoms. The molecule has 0 aliphatic carbocycles. The Labute approximate surface area is 222 Å². The molecule has 2 aromatic carbocycles. The zero-order valence-corrected chi connectivity index (χ0v) is 23.8. The Morgan fingerprint density at radius 2 is 1.43 bits per heavy atom. The Bertz CT molecular complexity index is 1080. The van der Waals surface area contributed by atoms with Crippen molar-refractivity contribution in [1.29, 1.82) is 0 Å². The Kier molecular flexibility index (Phi) is 10.3. The van der Waals surface area contributed by atoms with Gasteiger partial charge in [-0.2, -0.15) is 0 Å². The summed E-state index contributed by atoms with van der Waals surface area (Å²) >= 11 is 0. The second kappa shape index (κ2) is 12.7. The van der Waals surface area contributed by atoms with Crippen LogP contribution in [0.1, 0.15) is 81.3 Å². The molecule has 0 aromatic heterocycles. The molecule has 2 rings (SSSR count). The number of para-hydroxylation sites is 1. The fourth-order valence-corrected chi connectivity index (χ4v) is 4.38. The molecule has 0 aliphatic rings. The molecule has 0 heterocycles. The van der Waals surface area contributed by atoms with Crippen LogP contribution in [0.2, 0.25) is 0 Å². The van der Waals surface area contributed by atoms with E-state index >= 15 is 0 Å². The summed E-state index contributed by atoms with van der Waals surface area (Å²) in [5.74, 6) is -0.632. The van der Waals surface area contributed by atoms with Gasteiger partial charge in [0.05, 0.1) is 0 Å². The smallest absolute Gasteiger partial charge is 0.408 e. The molecule has 0 aliphatic heterocycles. The molecule has 0 spiro atoms. The summed E-state index contributed by atoms with van der Waals surface area (Å²) in [6, 6.07) is 9.93. The summed E-state index contributed by atoms with van der Waals surface area (Å²) in [5, 5.41) is 5.76. The van der Waals surface area contributed by atoms with Crippen molar-refractivity contribution in [2.24, 2.45) is 0 Å².